The largest absolute Gasteiger partial charge is 0.0776 e. The Morgan fingerprint density at radius 3 is 1.44 bits per heavy atom. The van der Waals surface area contributed by atoms with Crippen LogP contribution in [-0.4, -0.2) is 0 Å². The molecule has 0 N–H and O–H groups in total. The highest BCUT2D eigenvalue weighted by Gasteiger charge is 2.56. The fraction of sp³-hybridized carbons (Fsp3) is 0.625. The third kappa shape index (κ3) is 1.22. The summed E-state index contributed by atoms with van der Waals surface area (Å²) in [7, 11) is 0. The minimum atomic E-state index is -0.289. The van der Waals surface area contributed by atoms with Crippen molar-refractivity contribution < 1.29 is 5.48 Å². The highest BCUT2D eigenvalue weighted by Crippen LogP contribution is 2.61. The van der Waals surface area contributed by atoms with Crippen molar-refractivity contribution in [3.63, 3.8) is 0 Å². The Kier molecular flexibility index (Phi) is 1.75. The quantitative estimate of drug-likeness (QED) is 0.584. The van der Waals surface area contributed by atoms with Gasteiger partial charge in [0.05, 0.1) is 5.48 Å². The van der Waals surface area contributed by atoms with Crippen molar-refractivity contribution >= 4 is 0 Å². The summed E-state index contributed by atoms with van der Waals surface area (Å²) in [5, 5.41) is 0. The smallest absolute Gasteiger partial charge is 0.0626 e. The van der Waals surface area contributed by atoms with Crippen LogP contribution < -0.4 is 0 Å². The molecule has 1 aromatic carbocycles. The minimum absolute atomic E-state index is 0. The third-order valence-corrected chi connectivity index (χ3v) is 5.06. The molecule has 2 rings (SSSR count). The Hall–Kier alpha value is -0.780. The first-order chi connectivity index (χ1) is 8.39. The maximum Gasteiger partial charge on any atom is 0.0626 e. The van der Waals surface area contributed by atoms with Gasteiger partial charge < -0.3 is 0 Å². The van der Waals surface area contributed by atoms with Gasteiger partial charge in [-0.25, -0.2) is 0 Å². The zero-order valence-corrected chi connectivity index (χ0v) is 10.5. The van der Waals surface area contributed by atoms with Crippen LogP contribution in [0.15, 0.2) is 24.2 Å². The van der Waals surface area contributed by atoms with E-state index in [-0.39, 0.29) is 47.8 Å². The van der Waals surface area contributed by atoms with Crippen LogP contribution in [0.1, 0.15) is 65.6 Å². The highest BCUT2D eigenvalue weighted by atomic mass is 14.6. The van der Waals surface area contributed by atoms with Gasteiger partial charge in [-0.15, -0.1) is 0 Å². The van der Waals surface area contributed by atoms with E-state index < -0.39 is 0 Å². The van der Waals surface area contributed by atoms with Crippen LogP contribution >= 0.6 is 0 Å². The summed E-state index contributed by atoms with van der Waals surface area (Å²) < 4.78 is 32.3. The molecule has 0 amide bonds. The molecular weight excluding hydrogens is 192 g/mol. The van der Waals surface area contributed by atoms with Crippen molar-refractivity contribution in [3.05, 3.63) is 35.3 Å². The molecule has 16 heavy (non-hydrogen) atoms. The predicted molar refractivity (Wildman–Crippen MR) is 73.0 cm³/mol. The van der Waals surface area contributed by atoms with Gasteiger partial charge in [0.1, 0.15) is 0 Å². The first-order valence-electron chi connectivity index (χ1n) is 7.50. The molecule has 0 radical (unpaired) electrons. The first-order valence-corrected chi connectivity index (χ1v) is 5.50. The molecule has 1 aromatic rings. The molecule has 0 heterocycles. The zero-order valence-electron chi connectivity index (χ0n) is 14.5. The number of hydrogen-bond donors (Lipinski definition) is 0. The van der Waals surface area contributed by atoms with Crippen molar-refractivity contribution in [1.29, 1.82) is 0 Å². The Morgan fingerprint density at radius 2 is 1.12 bits per heavy atom. The van der Waals surface area contributed by atoms with Crippen LogP contribution in [0.5, 0.6) is 0 Å². The molecular formula is C16H26. The molecule has 0 aromatic heterocycles. The molecule has 0 saturated heterocycles. The summed E-state index contributed by atoms with van der Waals surface area (Å²) in [5.74, 6) is 0. The summed E-state index contributed by atoms with van der Waals surface area (Å²) in [5.41, 5.74) is 0.848. The van der Waals surface area contributed by atoms with Gasteiger partial charge in [-0.3, -0.25) is 0 Å². The van der Waals surface area contributed by atoms with Crippen LogP contribution in [0.4, 0.5) is 0 Å². The van der Waals surface area contributed by atoms with Crippen LogP contribution in [0, 0.1) is 5.41 Å². The van der Waals surface area contributed by atoms with E-state index in [4.69, 9.17) is 5.48 Å². The fourth-order valence-corrected chi connectivity index (χ4v) is 2.66. The first kappa shape index (κ1) is 8.33. The molecule has 0 unspecified atom stereocenters. The lowest BCUT2D eigenvalue weighted by Gasteiger charge is -2.44. The molecule has 0 fully saturated rings. The van der Waals surface area contributed by atoms with Crippen LogP contribution in [0.2, 0.25) is 0 Å². The van der Waals surface area contributed by atoms with Crippen molar-refractivity contribution in [2.45, 2.75) is 59.8 Å². The lowest BCUT2D eigenvalue weighted by Crippen LogP contribution is -2.42. The normalized spacial score (nSPS) is 26.9. The monoisotopic (exact) mass is 222 g/mol. The second-order valence-electron chi connectivity index (χ2n) is 6.12. The molecule has 1 aliphatic carbocycles. The highest BCUT2D eigenvalue weighted by molar-refractivity contribution is 5.48. The Bertz CT molecular complexity index is 520. The number of fused-ring (bicyclic) bond motifs is 1. The van der Waals surface area contributed by atoms with Crippen molar-refractivity contribution in [3.8, 4) is 0 Å². The number of benzene rings is 1. The average Bonchev–Trinajstić information content (AvgIpc) is 2.39. The number of rotatable bonds is 0. The van der Waals surface area contributed by atoms with Gasteiger partial charge >= 0.3 is 0 Å². The number of hydrogen-bond acceptors (Lipinski definition) is 0. The molecule has 0 bridgehead atoms. The SMILES string of the molecule is C.[2H]c1c([2H])c([2H])c2c(c1[2H])C(C)(C)C(C)(C)C2(C)C. The Morgan fingerprint density at radius 1 is 0.812 bits per heavy atom. The van der Waals surface area contributed by atoms with Crippen molar-refractivity contribution in [1.82, 2.24) is 0 Å². The topological polar surface area (TPSA) is 0 Å². The van der Waals surface area contributed by atoms with E-state index >= 15 is 0 Å². The van der Waals surface area contributed by atoms with Gasteiger partial charge in [0.2, 0.25) is 0 Å². The van der Waals surface area contributed by atoms with E-state index in [0.717, 1.165) is 11.1 Å². The summed E-state index contributed by atoms with van der Waals surface area (Å²) in [6.45, 7) is 12.6. The maximum atomic E-state index is 8.23. The van der Waals surface area contributed by atoms with Gasteiger partial charge in [-0.1, -0.05) is 73.1 Å². The van der Waals surface area contributed by atoms with Gasteiger partial charge in [0, 0.05) is 0 Å². The van der Waals surface area contributed by atoms with E-state index in [1.807, 2.05) is 0 Å². The van der Waals surface area contributed by atoms with Crippen LogP contribution in [-0.2, 0) is 10.8 Å². The summed E-state index contributed by atoms with van der Waals surface area (Å²) in [6.07, 6.45) is 0. The van der Waals surface area contributed by atoms with Crippen molar-refractivity contribution in [2.75, 3.05) is 0 Å². The Balaban J connectivity index is 0.00000200. The average molecular weight is 222 g/mol. The summed E-state index contributed by atoms with van der Waals surface area (Å²) in [4.78, 5) is 0. The van der Waals surface area contributed by atoms with Gasteiger partial charge in [0.15, 0.2) is 0 Å². The second-order valence-corrected chi connectivity index (χ2v) is 6.12. The van der Waals surface area contributed by atoms with Gasteiger partial charge in [-0.05, 0) is 27.4 Å². The fourth-order valence-electron chi connectivity index (χ4n) is 2.66. The third-order valence-electron chi connectivity index (χ3n) is 5.06. The van der Waals surface area contributed by atoms with Crippen molar-refractivity contribution in [2.24, 2.45) is 5.41 Å². The van der Waals surface area contributed by atoms with E-state index in [0.29, 0.717) is 0 Å². The molecule has 0 heteroatoms. The molecule has 90 valence electrons. The van der Waals surface area contributed by atoms with Gasteiger partial charge in [0.25, 0.3) is 0 Å². The maximum absolute atomic E-state index is 8.23. The van der Waals surface area contributed by atoms with E-state index in [2.05, 4.69) is 41.5 Å². The second kappa shape index (κ2) is 3.35. The molecule has 0 saturated carbocycles. The zero-order chi connectivity index (χ0) is 15.0. The summed E-state index contributed by atoms with van der Waals surface area (Å²) in [6, 6.07) is 0.00921. The van der Waals surface area contributed by atoms with Gasteiger partial charge in [-0.2, -0.15) is 0 Å². The molecule has 0 aliphatic heterocycles. The van der Waals surface area contributed by atoms with Crippen LogP contribution in [0.3, 0.4) is 0 Å². The van der Waals surface area contributed by atoms with E-state index in [1.54, 1.807) is 0 Å². The summed E-state index contributed by atoms with van der Waals surface area (Å²) >= 11 is 0. The van der Waals surface area contributed by atoms with Crippen LogP contribution in [0.25, 0.3) is 0 Å². The molecule has 0 atom stereocenters. The van der Waals surface area contributed by atoms with E-state index in [9.17, 15) is 0 Å². The lowest BCUT2D eigenvalue weighted by atomic mass is 9.59. The predicted octanol–water partition coefficient (Wildman–Crippen LogP) is 4.92. The minimum Gasteiger partial charge on any atom is -0.0776 e. The lowest BCUT2D eigenvalue weighted by molar-refractivity contribution is 0.125. The van der Waals surface area contributed by atoms with E-state index in [1.165, 1.54) is 0 Å². The standard InChI is InChI=1S/C15H22.CH4/c1-13(2)11-9-7-8-10-12(11)14(3,4)15(13,5)6;/h7-10H,1-6H3;1H4/i7D,8D,9D,10D;. The molecule has 1 aliphatic rings. The molecule has 0 spiro atoms. The Labute approximate surface area is 107 Å². The molecule has 0 nitrogen and oxygen atoms in total.